The third kappa shape index (κ3) is 4.19. The predicted octanol–water partition coefficient (Wildman–Crippen LogP) is 2.71. The molecule has 1 aliphatic carbocycles. The van der Waals surface area contributed by atoms with Crippen LogP contribution in [0.25, 0.3) is 0 Å². The SMILES string of the molecule is CCCNC1CCCCC1N(C)C1CCN(CC)CC1. The van der Waals surface area contributed by atoms with Crippen molar-refractivity contribution in [1.29, 1.82) is 0 Å². The van der Waals surface area contributed by atoms with E-state index in [9.17, 15) is 0 Å². The first kappa shape index (κ1) is 16.3. The second-order valence-electron chi connectivity index (χ2n) is 6.74. The van der Waals surface area contributed by atoms with E-state index in [1.165, 1.54) is 71.1 Å². The highest BCUT2D eigenvalue weighted by molar-refractivity contribution is 4.91. The Morgan fingerprint density at radius 3 is 2.40 bits per heavy atom. The second-order valence-corrected chi connectivity index (χ2v) is 6.74. The Morgan fingerprint density at radius 1 is 1.05 bits per heavy atom. The van der Waals surface area contributed by atoms with Gasteiger partial charge in [-0.1, -0.05) is 26.7 Å². The van der Waals surface area contributed by atoms with Gasteiger partial charge in [-0.15, -0.1) is 0 Å². The molecule has 1 saturated carbocycles. The number of hydrogen-bond acceptors (Lipinski definition) is 3. The van der Waals surface area contributed by atoms with E-state index in [-0.39, 0.29) is 0 Å². The van der Waals surface area contributed by atoms with Crippen LogP contribution in [0.3, 0.4) is 0 Å². The first-order valence-corrected chi connectivity index (χ1v) is 8.94. The molecule has 118 valence electrons. The summed E-state index contributed by atoms with van der Waals surface area (Å²) in [6.07, 6.45) is 9.59. The van der Waals surface area contributed by atoms with Crippen LogP contribution in [0.2, 0.25) is 0 Å². The largest absolute Gasteiger partial charge is 0.312 e. The van der Waals surface area contributed by atoms with Crippen LogP contribution in [-0.4, -0.2) is 61.2 Å². The van der Waals surface area contributed by atoms with Gasteiger partial charge in [0, 0.05) is 18.1 Å². The van der Waals surface area contributed by atoms with Gasteiger partial charge in [-0.05, 0) is 65.3 Å². The maximum atomic E-state index is 3.81. The maximum absolute atomic E-state index is 3.81. The van der Waals surface area contributed by atoms with E-state index < -0.39 is 0 Å². The minimum absolute atomic E-state index is 0.734. The molecule has 2 unspecified atom stereocenters. The lowest BCUT2D eigenvalue weighted by atomic mass is 9.87. The van der Waals surface area contributed by atoms with Crippen LogP contribution >= 0.6 is 0 Å². The highest BCUT2D eigenvalue weighted by Crippen LogP contribution is 2.27. The highest BCUT2D eigenvalue weighted by Gasteiger charge is 2.32. The number of nitrogens with one attached hydrogen (secondary N) is 1. The van der Waals surface area contributed by atoms with Gasteiger partial charge in [-0.3, -0.25) is 4.90 Å². The van der Waals surface area contributed by atoms with Crippen LogP contribution in [0.5, 0.6) is 0 Å². The number of likely N-dealkylation sites (N-methyl/N-ethyl adjacent to an activating group) is 1. The Kier molecular flexibility index (Phi) is 6.79. The summed E-state index contributed by atoms with van der Waals surface area (Å²) in [5, 5.41) is 3.81. The number of hydrogen-bond donors (Lipinski definition) is 1. The van der Waals surface area contributed by atoms with E-state index in [1.54, 1.807) is 0 Å². The molecule has 0 amide bonds. The smallest absolute Gasteiger partial charge is 0.0249 e. The summed E-state index contributed by atoms with van der Waals surface area (Å²) in [7, 11) is 2.39. The molecule has 2 atom stereocenters. The molecular formula is C17H35N3. The molecule has 3 nitrogen and oxygen atoms in total. The zero-order chi connectivity index (χ0) is 14.4. The van der Waals surface area contributed by atoms with Gasteiger partial charge in [0.15, 0.2) is 0 Å². The Labute approximate surface area is 126 Å². The van der Waals surface area contributed by atoms with Crippen molar-refractivity contribution in [2.24, 2.45) is 0 Å². The van der Waals surface area contributed by atoms with Gasteiger partial charge >= 0.3 is 0 Å². The van der Waals surface area contributed by atoms with Crippen LogP contribution in [0.1, 0.15) is 58.8 Å². The van der Waals surface area contributed by atoms with Crippen molar-refractivity contribution in [3.05, 3.63) is 0 Å². The van der Waals surface area contributed by atoms with Crippen LogP contribution in [0.15, 0.2) is 0 Å². The minimum atomic E-state index is 0.734. The molecule has 2 aliphatic rings. The highest BCUT2D eigenvalue weighted by atomic mass is 15.2. The van der Waals surface area contributed by atoms with Crippen molar-refractivity contribution < 1.29 is 0 Å². The molecule has 1 heterocycles. The molecule has 1 aliphatic heterocycles. The molecule has 20 heavy (non-hydrogen) atoms. The summed E-state index contributed by atoms with van der Waals surface area (Å²) in [5.41, 5.74) is 0. The van der Waals surface area contributed by atoms with Gasteiger partial charge in [0.1, 0.15) is 0 Å². The van der Waals surface area contributed by atoms with E-state index in [0.29, 0.717) is 0 Å². The van der Waals surface area contributed by atoms with Gasteiger partial charge < -0.3 is 10.2 Å². The van der Waals surface area contributed by atoms with Gasteiger partial charge in [0.05, 0.1) is 0 Å². The quantitative estimate of drug-likeness (QED) is 0.807. The first-order valence-electron chi connectivity index (χ1n) is 8.94. The summed E-state index contributed by atoms with van der Waals surface area (Å²) in [6.45, 7) is 9.56. The topological polar surface area (TPSA) is 18.5 Å². The third-order valence-corrected chi connectivity index (χ3v) is 5.49. The second kappa shape index (κ2) is 8.35. The fourth-order valence-corrected chi connectivity index (χ4v) is 4.08. The molecular weight excluding hydrogens is 246 g/mol. The summed E-state index contributed by atoms with van der Waals surface area (Å²) in [4.78, 5) is 5.33. The molecule has 0 bridgehead atoms. The Morgan fingerprint density at radius 2 is 1.75 bits per heavy atom. The third-order valence-electron chi connectivity index (χ3n) is 5.49. The van der Waals surface area contributed by atoms with Gasteiger partial charge in [-0.25, -0.2) is 0 Å². The predicted molar refractivity (Wildman–Crippen MR) is 87.2 cm³/mol. The lowest BCUT2D eigenvalue weighted by Gasteiger charge is -2.45. The average Bonchev–Trinajstić information content (AvgIpc) is 2.52. The average molecular weight is 281 g/mol. The van der Waals surface area contributed by atoms with Crippen molar-refractivity contribution in [3.63, 3.8) is 0 Å². The zero-order valence-corrected chi connectivity index (χ0v) is 13.9. The monoisotopic (exact) mass is 281 g/mol. The Balaban J connectivity index is 1.87. The maximum Gasteiger partial charge on any atom is 0.0249 e. The lowest BCUT2D eigenvalue weighted by molar-refractivity contribution is 0.0645. The Hall–Kier alpha value is -0.120. The van der Waals surface area contributed by atoms with Crippen LogP contribution in [-0.2, 0) is 0 Å². The van der Waals surface area contributed by atoms with E-state index >= 15 is 0 Å². The van der Waals surface area contributed by atoms with Crippen LogP contribution in [0.4, 0.5) is 0 Å². The number of nitrogens with zero attached hydrogens (tertiary/aromatic N) is 2. The molecule has 2 fully saturated rings. The minimum Gasteiger partial charge on any atom is -0.312 e. The molecule has 1 saturated heterocycles. The van der Waals surface area contributed by atoms with E-state index in [4.69, 9.17) is 0 Å². The molecule has 1 N–H and O–H groups in total. The van der Waals surface area contributed by atoms with Gasteiger partial charge in [0.2, 0.25) is 0 Å². The fourth-order valence-electron chi connectivity index (χ4n) is 4.08. The van der Waals surface area contributed by atoms with Crippen molar-refractivity contribution in [2.75, 3.05) is 33.2 Å². The van der Waals surface area contributed by atoms with Crippen LogP contribution in [0, 0.1) is 0 Å². The fraction of sp³-hybridized carbons (Fsp3) is 1.00. The van der Waals surface area contributed by atoms with Gasteiger partial charge in [-0.2, -0.15) is 0 Å². The molecule has 2 rings (SSSR count). The van der Waals surface area contributed by atoms with Crippen LogP contribution < -0.4 is 5.32 Å². The van der Waals surface area contributed by atoms with Crippen molar-refractivity contribution >= 4 is 0 Å². The normalized spacial score (nSPS) is 30.0. The summed E-state index contributed by atoms with van der Waals surface area (Å²) in [5.74, 6) is 0. The van der Waals surface area contributed by atoms with Crippen molar-refractivity contribution in [2.45, 2.75) is 76.9 Å². The first-order chi connectivity index (χ1) is 9.76. The molecule has 0 spiro atoms. The van der Waals surface area contributed by atoms with E-state index in [1.807, 2.05) is 0 Å². The lowest BCUT2D eigenvalue weighted by Crippen LogP contribution is -2.55. The van der Waals surface area contributed by atoms with Crippen molar-refractivity contribution in [1.82, 2.24) is 15.1 Å². The summed E-state index contributed by atoms with van der Waals surface area (Å²) >= 11 is 0. The Bertz CT molecular complexity index is 261. The summed E-state index contributed by atoms with van der Waals surface area (Å²) < 4.78 is 0. The van der Waals surface area contributed by atoms with E-state index in [0.717, 1.165) is 18.1 Å². The van der Waals surface area contributed by atoms with Crippen molar-refractivity contribution in [3.8, 4) is 0 Å². The molecule has 0 aromatic carbocycles. The standard InChI is InChI=1S/C17H35N3/c1-4-12-18-16-8-6-7-9-17(16)19(3)15-10-13-20(5-2)14-11-15/h15-18H,4-14H2,1-3H3. The number of rotatable bonds is 6. The number of piperidine rings is 1. The summed E-state index contributed by atoms with van der Waals surface area (Å²) in [6, 6.07) is 2.32. The molecule has 0 radical (unpaired) electrons. The zero-order valence-electron chi connectivity index (χ0n) is 13.9. The van der Waals surface area contributed by atoms with E-state index in [2.05, 4.69) is 36.0 Å². The molecule has 0 aromatic rings. The molecule has 0 aromatic heterocycles. The molecule has 3 heteroatoms. The van der Waals surface area contributed by atoms with Gasteiger partial charge in [0.25, 0.3) is 0 Å². The number of likely N-dealkylation sites (tertiary alicyclic amines) is 1.